The molecule has 1 fully saturated rings. The maximum atomic E-state index is 12.3. The van der Waals surface area contributed by atoms with Crippen LogP contribution in [0.4, 0.5) is 0 Å². The first-order chi connectivity index (χ1) is 9.61. The predicted octanol–water partition coefficient (Wildman–Crippen LogP) is 1.76. The molecule has 2 heterocycles. The number of pyridine rings is 1. The summed E-state index contributed by atoms with van der Waals surface area (Å²) in [4.78, 5) is 29.6. The van der Waals surface area contributed by atoms with Crippen molar-refractivity contribution in [1.82, 2.24) is 9.88 Å². The van der Waals surface area contributed by atoms with Crippen LogP contribution in [-0.2, 0) is 0 Å². The van der Waals surface area contributed by atoms with Crippen molar-refractivity contribution < 1.29 is 14.7 Å². The molecule has 5 nitrogen and oxygen atoms in total. The summed E-state index contributed by atoms with van der Waals surface area (Å²) in [6, 6.07) is 1.56. The molecule has 1 N–H and O–H groups in total. The third-order valence-electron chi connectivity index (χ3n) is 4.26. The predicted molar refractivity (Wildman–Crippen MR) is 72.3 cm³/mol. The van der Waals surface area contributed by atoms with E-state index in [1.165, 1.54) is 17.3 Å². The number of fused-ring (bicyclic) bond motifs is 1. The Morgan fingerprint density at radius 3 is 2.40 bits per heavy atom. The number of imide groups is 1. The molecule has 1 aliphatic heterocycles. The number of carbonyl (C=O) groups excluding carboxylic acids is 2. The van der Waals surface area contributed by atoms with Gasteiger partial charge in [0.15, 0.2) is 0 Å². The van der Waals surface area contributed by atoms with Crippen LogP contribution in [0.1, 0.15) is 59.2 Å². The maximum Gasteiger partial charge on any atom is 0.263 e. The molecular formula is C15H18N2O3. The van der Waals surface area contributed by atoms with Gasteiger partial charge in [-0.2, -0.15) is 0 Å². The second kappa shape index (κ2) is 4.98. The molecule has 0 unspecified atom stereocenters. The molecular weight excluding hydrogens is 256 g/mol. The van der Waals surface area contributed by atoms with Crippen LogP contribution in [0.2, 0.25) is 0 Å². The number of hydrogen-bond acceptors (Lipinski definition) is 4. The topological polar surface area (TPSA) is 70.5 Å². The largest absolute Gasteiger partial charge is 0.388 e. The number of β-amino-alcohol motifs (C(OH)–C–C–N with tert-alkyl or cyclic N) is 1. The summed E-state index contributed by atoms with van der Waals surface area (Å²) in [5, 5.41) is 10.7. The molecule has 0 bridgehead atoms. The SMILES string of the molecule is O=C1c2ccncc2C(=O)N1CC1(O)CCCCCC1. The minimum atomic E-state index is -0.933. The van der Waals surface area contributed by atoms with E-state index in [4.69, 9.17) is 0 Å². The van der Waals surface area contributed by atoms with Gasteiger partial charge in [0.25, 0.3) is 11.8 Å². The maximum absolute atomic E-state index is 12.3. The van der Waals surface area contributed by atoms with Crippen molar-refractivity contribution in [3.8, 4) is 0 Å². The monoisotopic (exact) mass is 274 g/mol. The van der Waals surface area contributed by atoms with E-state index in [1.807, 2.05) is 0 Å². The Hall–Kier alpha value is -1.75. The minimum absolute atomic E-state index is 0.0966. The van der Waals surface area contributed by atoms with E-state index in [9.17, 15) is 14.7 Å². The first-order valence-electron chi connectivity index (χ1n) is 7.13. The Morgan fingerprint density at radius 2 is 1.75 bits per heavy atom. The number of hydrogen-bond donors (Lipinski definition) is 1. The fraction of sp³-hybridized carbons (Fsp3) is 0.533. The molecule has 0 atom stereocenters. The van der Waals surface area contributed by atoms with Crippen LogP contribution in [0.25, 0.3) is 0 Å². The lowest BCUT2D eigenvalue weighted by Crippen LogP contribution is -2.45. The zero-order chi connectivity index (χ0) is 14.2. The molecule has 5 heteroatoms. The van der Waals surface area contributed by atoms with Gasteiger partial charge >= 0.3 is 0 Å². The van der Waals surface area contributed by atoms with E-state index in [-0.39, 0.29) is 18.4 Å². The first kappa shape index (κ1) is 13.2. The number of nitrogens with zero attached hydrogens (tertiary/aromatic N) is 2. The molecule has 2 amide bonds. The Labute approximate surface area is 117 Å². The zero-order valence-corrected chi connectivity index (χ0v) is 11.3. The fourth-order valence-corrected chi connectivity index (χ4v) is 3.12. The van der Waals surface area contributed by atoms with Crippen molar-refractivity contribution in [3.63, 3.8) is 0 Å². The minimum Gasteiger partial charge on any atom is -0.388 e. The number of aliphatic hydroxyl groups is 1. The second-order valence-corrected chi connectivity index (χ2v) is 5.76. The van der Waals surface area contributed by atoms with Gasteiger partial charge in [0.1, 0.15) is 0 Å². The molecule has 0 radical (unpaired) electrons. The molecule has 1 aliphatic carbocycles. The van der Waals surface area contributed by atoms with E-state index in [0.29, 0.717) is 24.0 Å². The van der Waals surface area contributed by atoms with Crippen LogP contribution in [-0.4, -0.2) is 39.0 Å². The molecule has 106 valence electrons. The Bertz CT molecular complexity index is 513. The van der Waals surface area contributed by atoms with E-state index in [2.05, 4.69) is 4.98 Å². The third kappa shape index (κ3) is 2.22. The van der Waals surface area contributed by atoms with Gasteiger partial charge in [0.2, 0.25) is 0 Å². The quantitative estimate of drug-likeness (QED) is 0.659. The molecule has 0 saturated heterocycles. The van der Waals surface area contributed by atoms with Crippen LogP contribution in [0.3, 0.4) is 0 Å². The van der Waals surface area contributed by atoms with Gasteiger partial charge in [0, 0.05) is 12.4 Å². The molecule has 2 aliphatic rings. The summed E-state index contributed by atoms with van der Waals surface area (Å²) in [5.41, 5.74) is -0.200. The van der Waals surface area contributed by atoms with Gasteiger partial charge in [-0.1, -0.05) is 25.7 Å². The highest BCUT2D eigenvalue weighted by atomic mass is 16.3. The van der Waals surface area contributed by atoms with E-state index >= 15 is 0 Å². The average Bonchev–Trinajstić information content (AvgIpc) is 2.62. The summed E-state index contributed by atoms with van der Waals surface area (Å²) < 4.78 is 0. The standard InChI is InChI=1S/C15H18N2O3/c18-13-11-5-8-16-9-12(11)14(19)17(13)10-15(20)6-3-1-2-4-7-15/h5,8-9,20H,1-4,6-7,10H2. The van der Waals surface area contributed by atoms with Gasteiger partial charge in [-0.15, -0.1) is 0 Å². The van der Waals surface area contributed by atoms with Crippen LogP contribution in [0.15, 0.2) is 18.5 Å². The lowest BCUT2D eigenvalue weighted by atomic mass is 9.94. The average molecular weight is 274 g/mol. The molecule has 20 heavy (non-hydrogen) atoms. The summed E-state index contributed by atoms with van der Waals surface area (Å²) in [5.74, 6) is -0.652. The first-order valence-corrected chi connectivity index (χ1v) is 7.13. The second-order valence-electron chi connectivity index (χ2n) is 5.76. The molecule has 3 rings (SSSR count). The van der Waals surface area contributed by atoms with Gasteiger partial charge in [-0.25, -0.2) is 0 Å². The lowest BCUT2D eigenvalue weighted by molar-refractivity contribution is -0.00269. The Kier molecular flexibility index (Phi) is 3.30. The Morgan fingerprint density at radius 1 is 1.10 bits per heavy atom. The van der Waals surface area contributed by atoms with Crippen molar-refractivity contribution in [2.24, 2.45) is 0 Å². The molecule has 1 saturated carbocycles. The summed E-state index contributed by atoms with van der Waals surface area (Å²) >= 11 is 0. The van der Waals surface area contributed by atoms with Crippen molar-refractivity contribution in [2.75, 3.05) is 6.54 Å². The number of carbonyl (C=O) groups is 2. The van der Waals surface area contributed by atoms with Crippen molar-refractivity contribution in [1.29, 1.82) is 0 Å². The van der Waals surface area contributed by atoms with Crippen LogP contribution < -0.4 is 0 Å². The van der Waals surface area contributed by atoms with Gasteiger partial charge in [0.05, 0.1) is 23.3 Å². The van der Waals surface area contributed by atoms with Gasteiger partial charge < -0.3 is 5.11 Å². The lowest BCUT2D eigenvalue weighted by Gasteiger charge is -2.30. The van der Waals surface area contributed by atoms with Crippen LogP contribution in [0.5, 0.6) is 0 Å². The highest BCUT2D eigenvalue weighted by Gasteiger charge is 2.41. The number of aromatic nitrogens is 1. The van der Waals surface area contributed by atoms with Crippen LogP contribution in [0, 0.1) is 0 Å². The van der Waals surface area contributed by atoms with Crippen molar-refractivity contribution in [2.45, 2.75) is 44.1 Å². The van der Waals surface area contributed by atoms with Gasteiger partial charge in [-0.05, 0) is 18.9 Å². The normalized spacial score (nSPS) is 21.8. The highest BCUT2D eigenvalue weighted by molar-refractivity contribution is 6.21. The smallest absolute Gasteiger partial charge is 0.263 e. The van der Waals surface area contributed by atoms with Crippen molar-refractivity contribution in [3.05, 3.63) is 29.6 Å². The van der Waals surface area contributed by atoms with E-state index in [1.54, 1.807) is 6.07 Å². The molecule has 1 aromatic heterocycles. The summed E-state index contributed by atoms with van der Waals surface area (Å²) in [6.45, 7) is 0.0966. The summed E-state index contributed by atoms with van der Waals surface area (Å²) in [7, 11) is 0. The highest BCUT2D eigenvalue weighted by Crippen LogP contribution is 2.31. The van der Waals surface area contributed by atoms with E-state index < -0.39 is 5.60 Å². The summed E-state index contributed by atoms with van der Waals surface area (Å²) in [6.07, 6.45) is 8.34. The fourth-order valence-electron chi connectivity index (χ4n) is 3.12. The third-order valence-corrected chi connectivity index (χ3v) is 4.26. The zero-order valence-electron chi connectivity index (χ0n) is 11.3. The number of amides is 2. The molecule has 1 aromatic rings. The van der Waals surface area contributed by atoms with E-state index in [0.717, 1.165) is 25.7 Å². The Balaban J connectivity index is 1.82. The van der Waals surface area contributed by atoms with Crippen LogP contribution >= 0.6 is 0 Å². The van der Waals surface area contributed by atoms with Gasteiger partial charge in [-0.3, -0.25) is 19.5 Å². The molecule has 0 aromatic carbocycles. The molecule has 0 spiro atoms. The van der Waals surface area contributed by atoms with Crippen molar-refractivity contribution >= 4 is 11.8 Å². The number of rotatable bonds is 2.